The molecule has 2 aliphatic heterocycles. The van der Waals surface area contributed by atoms with Gasteiger partial charge in [-0.25, -0.2) is 0 Å². The molecule has 0 radical (unpaired) electrons. The van der Waals surface area contributed by atoms with Crippen molar-refractivity contribution in [1.29, 1.82) is 0 Å². The normalized spacial score (nSPS) is 23.6. The highest BCUT2D eigenvalue weighted by molar-refractivity contribution is 5.33. The van der Waals surface area contributed by atoms with Crippen molar-refractivity contribution >= 4 is 0 Å². The summed E-state index contributed by atoms with van der Waals surface area (Å²) >= 11 is 0. The van der Waals surface area contributed by atoms with Crippen LogP contribution in [-0.2, 0) is 21.4 Å². The van der Waals surface area contributed by atoms with E-state index in [-0.39, 0.29) is 5.41 Å². The quantitative estimate of drug-likeness (QED) is 0.886. The summed E-state index contributed by atoms with van der Waals surface area (Å²) in [6, 6.07) is 8.72. The summed E-state index contributed by atoms with van der Waals surface area (Å²) < 4.78 is 11.0. The molecule has 0 unspecified atom stereocenters. The Morgan fingerprint density at radius 2 is 1.94 bits per heavy atom. The van der Waals surface area contributed by atoms with Crippen LogP contribution in [0.15, 0.2) is 24.3 Å². The summed E-state index contributed by atoms with van der Waals surface area (Å²) in [6.45, 7) is 4.10. The van der Waals surface area contributed by atoms with Gasteiger partial charge in [-0.05, 0) is 29.9 Å². The topological polar surface area (TPSA) is 44.5 Å². The monoisotopic (exact) mass is 247 g/mol. The zero-order valence-electron chi connectivity index (χ0n) is 10.7. The molecule has 0 aromatic heterocycles. The molecule has 2 saturated heterocycles. The Hall–Kier alpha value is -0.900. The molecular weight excluding hydrogens is 226 g/mol. The van der Waals surface area contributed by atoms with Crippen LogP contribution in [0.2, 0.25) is 0 Å². The third-order valence-corrected chi connectivity index (χ3v) is 4.46. The van der Waals surface area contributed by atoms with E-state index in [1.807, 2.05) is 0 Å². The van der Waals surface area contributed by atoms with Gasteiger partial charge >= 0.3 is 0 Å². The molecule has 0 aliphatic carbocycles. The molecule has 2 fully saturated rings. The highest BCUT2D eigenvalue weighted by atomic mass is 16.5. The molecule has 98 valence electrons. The first-order valence-corrected chi connectivity index (χ1v) is 6.80. The van der Waals surface area contributed by atoms with Gasteiger partial charge in [-0.3, -0.25) is 0 Å². The van der Waals surface area contributed by atoms with Crippen molar-refractivity contribution in [3.63, 3.8) is 0 Å². The summed E-state index contributed by atoms with van der Waals surface area (Å²) in [5, 5.41) is 0. The van der Waals surface area contributed by atoms with E-state index in [9.17, 15) is 0 Å². The van der Waals surface area contributed by atoms with Gasteiger partial charge in [0.05, 0.1) is 13.2 Å². The van der Waals surface area contributed by atoms with Crippen molar-refractivity contribution in [3.8, 4) is 0 Å². The second-order valence-electron chi connectivity index (χ2n) is 5.44. The number of benzene rings is 1. The Bertz CT molecular complexity index is 409. The fraction of sp³-hybridized carbons (Fsp3) is 0.600. The number of hydrogen-bond acceptors (Lipinski definition) is 3. The van der Waals surface area contributed by atoms with E-state index < -0.39 is 0 Å². The van der Waals surface area contributed by atoms with Crippen molar-refractivity contribution in [2.45, 2.75) is 24.8 Å². The first-order valence-electron chi connectivity index (χ1n) is 6.80. The Morgan fingerprint density at radius 3 is 2.56 bits per heavy atom. The largest absolute Gasteiger partial charge is 0.381 e. The molecule has 1 aromatic carbocycles. The molecule has 0 spiro atoms. The van der Waals surface area contributed by atoms with Crippen LogP contribution in [0.5, 0.6) is 0 Å². The van der Waals surface area contributed by atoms with E-state index in [2.05, 4.69) is 24.3 Å². The summed E-state index contributed by atoms with van der Waals surface area (Å²) in [5.74, 6) is 0.688. The predicted octanol–water partition coefficient (Wildman–Crippen LogP) is 1.84. The van der Waals surface area contributed by atoms with Crippen LogP contribution >= 0.6 is 0 Å². The zero-order chi connectivity index (χ0) is 12.4. The fourth-order valence-electron chi connectivity index (χ4n) is 3.22. The molecule has 2 heterocycles. The summed E-state index contributed by atoms with van der Waals surface area (Å²) in [7, 11) is 0. The average molecular weight is 247 g/mol. The molecule has 1 aromatic rings. The minimum atomic E-state index is 0.217. The van der Waals surface area contributed by atoms with Crippen molar-refractivity contribution in [2.75, 3.05) is 26.4 Å². The van der Waals surface area contributed by atoms with E-state index in [4.69, 9.17) is 15.2 Å². The van der Waals surface area contributed by atoms with E-state index >= 15 is 0 Å². The third-order valence-electron chi connectivity index (χ3n) is 4.46. The van der Waals surface area contributed by atoms with E-state index in [0.717, 1.165) is 39.3 Å². The number of hydrogen-bond donors (Lipinski definition) is 1. The molecule has 3 rings (SSSR count). The first kappa shape index (κ1) is 12.2. The third kappa shape index (κ3) is 1.96. The molecular formula is C15H21NO2. The zero-order valence-corrected chi connectivity index (χ0v) is 10.7. The number of rotatable bonds is 3. The fourth-order valence-corrected chi connectivity index (χ4v) is 3.22. The van der Waals surface area contributed by atoms with Crippen molar-refractivity contribution in [1.82, 2.24) is 0 Å². The molecule has 0 atom stereocenters. The second-order valence-corrected chi connectivity index (χ2v) is 5.44. The molecule has 0 bridgehead atoms. The van der Waals surface area contributed by atoms with Gasteiger partial charge < -0.3 is 15.2 Å². The number of ether oxygens (including phenoxy) is 2. The predicted molar refractivity (Wildman–Crippen MR) is 70.4 cm³/mol. The SMILES string of the molecule is NCc1cccc(C2(C3CCOCC3)COC2)c1. The first-order chi connectivity index (χ1) is 8.85. The smallest absolute Gasteiger partial charge is 0.0588 e. The highest BCUT2D eigenvalue weighted by Gasteiger charge is 2.47. The van der Waals surface area contributed by atoms with Crippen LogP contribution < -0.4 is 5.73 Å². The van der Waals surface area contributed by atoms with Gasteiger partial charge in [-0.2, -0.15) is 0 Å². The molecule has 0 saturated carbocycles. The van der Waals surface area contributed by atoms with Crippen LogP contribution in [0.3, 0.4) is 0 Å². The van der Waals surface area contributed by atoms with Gasteiger partial charge in [0.15, 0.2) is 0 Å². The minimum Gasteiger partial charge on any atom is -0.381 e. The second kappa shape index (κ2) is 5.00. The lowest BCUT2D eigenvalue weighted by Crippen LogP contribution is -2.53. The molecule has 2 aliphatic rings. The average Bonchev–Trinajstić information content (AvgIpc) is 2.39. The van der Waals surface area contributed by atoms with Crippen molar-refractivity contribution in [2.24, 2.45) is 11.7 Å². The maximum absolute atomic E-state index is 5.75. The van der Waals surface area contributed by atoms with Crippen LogP contribution in [0.1, 0.15) is 24.0 Å². The van der Waals surface area contributed by atoms with Crippen molar-refractivity contribution in [3.05, 3.63) is 35.4 Å². The standard InChI is InChI=1S/C15H21NO2/c16-9-12-2-1-3-14(8-12)15(10-18-11-15)13-4-6-17-7-5-13/h1-3,8,13H,4-7,9-11,16H2. The van der Waals surface area contributed by atoms with Crippen molar-refractivity contribution < 1.29 is 9.47 Å². The summed E-state index contributed by atoms with van der Waals surface area (Å²) in [6.07, 6.45) is 2.30. The van der Waals surface area contributed by atoms with Crippen LogP contribution in [-0.4, -0.2) is 26.4 Å². The summed E-state index contributed by atoms with van der Waals surface area (Å²) in [5.41, 5.74) is 8.59. The number of nitrogens with two attached hydrogens (primary N) is 1. The molecule has 3 heteroatoms. The maximum atomic E-state index is 5.75. The molecule has 3 nitrogen and oxygen atoms in total. The minimum absolute atomic E-state index is 0.217. The molecule has 0 amide bonds. The van der Waals surface area contributed by atoms with Gasteiger partial charge in [-0.1, -0.05) is 24.3 Å². The van der Waals surface area contributed by atoms with Gasteiger partial charge in [0.25, 0.3) is 0 Å². The van der Waals surface area contributed by atoms with E-state index in [1.54, 1.807) is 0 Å². The Labute approximate surface area is 108 Å². The van der Waals surface area contributed by atoms with E-state index in [1.165, 1.54) is 11.1 Å². The lowest BCUT2D eigenvalue weighted by Gasteiger charge is -2.49. The molecule has 18 heavy (non-hydrogen) atoms. The lowest BCUT2D eigenvalue weighted by atomic mass is 9.65. The summed E-state index contributed by atoms with van der Waals surface area (Å²) in [4.78, 5) is 0. The van der Waals surface area contributed by atoms with Gasteiger partial charge in [0.2, 0.25) is 0 Å². The van der Waals surface area contributed by atoms with E-state index in [0.29, 0.717) is 12.5 Å². The molecule has 2 N–H and O–H groups in total. The Kier molecular flexibility index (Phi) is 3.37. The van der Waals surface area contributed by atoms with Crippen LogP contribution in [0.25, 0.3) is 0 Å². The van der Waals surface area contributed by atoms with Crippen LogP contribution in [0, 0.1) is 5.92 Å². The van der Waals surface area contributed by atoms with Gasteiger partial charge in [0, 0.05) is 25.2 Å². The Morgan fingerprint density at radius 1 is 1.17 bits per heavy atom. The highest BCUT2D eigenvalue weighted by Crippen LogP contribution is 2.44. The Balaban J connectivity index is 1.89. The van der Waals surface area contributed by atoms with Gasteiger partial charge in [0.1, 0.15) is 0 Å². The lowest BCUT2D eigenvalue weighted by molar-refractivity contribution is -0.111. The maximum Gasteiger partial charge on any atom is 0.0588 e. The van der Waals surface area contributed by atoms with Crippen LogP contribution in [0.4, 0.5) is 0 Å². The van der Waals surface area contributed by atoms with Gasteiger partial charge in [-0.15, -0.1) is 0 Å².